The van der Waals surface area contributed by atoms with Crippen molar-refractivity contribution in [2.24, 2.45) is 0 Å². The number of rotatable bonds is 1. The van der Waals surface area contributed by atoms with Gasteiger partial charge in [-0.3, -0.25) is 0 Å². The normalized spacial score (nSPS) is 11.5. The Labute approximate surface area is 85.5 Å². The predicted octanol–water partition coefficient (Wildman–Crippen LogP) is 1.43. The van der Waals surface area contributed by atoms with Crippen LogP contribution < -0.4 is 5.30 Å². The van der Waals surface area contributed by atoms with E-state index >= 15 is 0 Å². The fourth-order valence-corrected chi connectivity index (χ4v) is 2.23. The van der Waals surface area contributed by atoms with Crippen molar-refractivity contribution in [1.29, 1.82) is 0 Å². The molecule has 2 N–H and O–H groups in total. The molecule has 0 bridgehead atoms. The van der Waals surface area contributed by atoms with Crippen LogP contribution in [0.4, 0.5) is 0 Å². The third-order valence-electron chi connectivity index (χ3n) is 1.48. The fraction of sp³-hybridized carbons (Fsp3) is 0.143. The van der Waals surface area contributed by atoms with Gasteiger partial charge in [-0.25, -0.2) is 0 Å². The SMILES string of the molecule is B#P(I)c1ccc(O)c(CO)c1. The Morgan fingerprint density at radius 2 is 2.17 bits per heavy atom. The van der Waals surface area contributed by atoms with Gasteiger partial charge in [-0.15, -0.1) is 0 Å². The number of aliphatic hydroxyl groups is 1. The van der Waals surface area contributed by atoms with Gasteiger partial charge in [0.1, 0.15) is 0 Å². The molecule has 2 nitrogen and oxygen atoms in total. The molecule has 0 heterocycles. The summed E-state index contributed by atoms with van der Waals surface area (Å²) in [6.07, 6.45) is 0. The van der Waals surface area contributed by atoms with Crippen molar-refractivity contribution in [3.05, 3.63) is 23.8 Å². The first-order valence-corrected chi connectivity index (χ1v) is 7.48. The van der Waals surface area contributed by atoms with Crippen molar-refractivity contribution in [1.82, 2.24) is 0 Å². The van der Waals surface area contributed by atoms with Gasteiger partial charge in [-0.05, 0) is 0 Å². The molecule has 1 rings (SSSR count). The van der Waals surface area contributed by atoms with Gasteiger partial charge in [-0.1, -0.05) is 0 Å². The van der Waals surface area contributed by atoms with E-state index in [1.54, 1.807) is 18.2 Å². The quantitative estimate of drug-likeness (QED) is 0.467. The van der Waals surface area contributed by atoms with Crippen LogP contribution in [0.2, 0.25) is 0 Å². The summed E-state index contributed by atoms with van der Waals surface area (Å²) in [6.45, 7) is -0.153. The monoisotopic (exact) mass is 292 g/mol. The molecular weight excluding hydrogens is 285 g/mol. The minimum absolute atomic E-state index is 0.120. The van der Waals surface area contributed by atoms with Gasteiger partial charge in [0, 0.05) is 0 Å². The maximum absolute atomic E-state index is 9.22. The average Bonchev–Trinajstić information content (AvgIpc) is 2.05. The van der Waals surface area contributed by atoms with E-state index in [1.807, 2.05) is 0 Å². The minimum atomic E-state index is -0.682. The predicted molar refractivity (Wildman–Crippen MR) is 60.4 cm³/mol. The summed E-state index contributed by atoms with van der Waals surface area (Å²) in [7, 11) is 5.68. The Kier molecular flexibility index (Phi) is 3.68. The molecule has 5 heteroatoms. The van der Waals surface area contributed by atoms with E-state index in [0.717, 1.165) is 5.30 Å². The maximum atomic E-state index is 9.22. The van der Waals surface area contributed by atoms with Crippen molar-refractivity contribution in [3.8, 4) is 5.75 Å². The number of phenols is 1. The molecule has 0 spiro atoms. The Bertz CT molecular complexity index is 358. The van der Waals surface area contributed by atoms with Crippen LogP contribution in [0, 0.1) is 0 Å². The molecule has 0 aliphatic carbocycles. The fourth-order valence-electron chi connectivity index (χ4n) is 0.831. The standard InChI is InChI=1S/C7H7BIO2P/c8-12(9)6-1-2-7(11)5(3-6)4-10/h1-3,10-11H,4H2. The second-order valence-electron chi connectivity index (χ2n) is 2.28. The molecule has 1 aromatic carbocycles. The van der Waals surface area contributed by atoms with E-state index < -0.39 is 4.88 Å². The molecule has 0 radical (unpaired) electrons. The van der Waals surface area contributed by atoms with Crippen LogP contribution in [-0.2, 0) is 6.61 Å². The first-order valence-electron chi connectivity index (χ1n) is 3.28. The van der Waals surface area contributed by atoms with E-state index in [4.69, 9.17) is 12.1 Å². The van der Waals surface area contributed by atoms with Gasteiger partial charge in [0.15, 0.2) is 0 Å². The number of aliphatic hydroxyl groups excluding tert-OH is 1. The van der Waals surface area contributed by atoms with Gasteiger partial charge in [-0.2, -0.15) is 0 Å². The summed E-state index contributed by atoms with van der Waals surface area (Å²) < 4.78 is 0. The van der Waals surface area contributed by atoms with Crippen LogP contribution in [0.1, 0.15) is 5.56 Å². The zero-order valence-corrected chi connectivity index (χ0v) is 9.29. The van der Waals surface area contributed by atoms with Crippen molar-refractivity contribution in [2.45, 2.75) is 6.61 Å². The third-order valence-corrected chi connectivity index (χ3v) is 3.92. The molecule has 0 aliphatic rings. The molecule has 12 heavy (non-hydrogen) atoms. The van der Waals surface area contributed by atoms with Crippen LogP contribution in [-0.4, -0.2) is 17.2 Å². The van der Waals surface area contributed by atoms with E-state index in [0.29, 0.717) is 5.56 Å². The average molecular weight is 292 g/mol. The third kappa shape index (κ3) is 2.28. The topological polar surface area (TPSA) is 40.5 Å². The van der Waals surface area contributed by atoms with E-state index in [-0.39, 0.29) is 12.4 Å². The molecule has 0 aliphatic heterocycles. The molecular formula is C7H7BIO2P. The first-order chi connectivity index (χ1) is 5.65. The second-order valence-corrected chi connectivity index (χ2v) is 6.54. The second kappa shape index (κ2) is 4.35. The Hall–Kier alpha value is 0.0749. The van der Waals surface area contributed by atoms with Crippen LogP contribution >= 0.6 is 26.9 Å². The molecule has 1 atom stereocenters. The van der Waals surface area contributed by atoms with Crippen molar-refractivity contribution in [3.63, 3.8) is 0 Å². The zero-order valence-electron chi connectivity index (χ0n) is 6.24. The van der Waals surface area contributed by atoms with Gasteiger partial charge in [0.25, 0.3) is 0 Å². The molecule has 0 aromatic heterocycles. The van der Waals surface area contributed by atoms with Crippen LogP contribution in [0.25, 0.3) is 0 Å². The van der Waals surface area contributed by atoms with Crippen molar-refractivity contribution in [2.75, 3.05) is 0 Å². The first kappa shape index (κ1) is 10.2. The van der Waals surface area contributed by atoms with Crippen LogP contribution in [0.3, 0.4) is 0 Å². The van der Waals surface area contributed by atoms with Crippen LogP contribution in [0.5, 0.6) is 5.75 Å². The van der Waals surface area contributed by atoms with E-state index in [1.165, 1.54) is 0 Å². The number of hydrogen-bond acceptors (Lipinski definition) is 2. The van der Waals surface area contributed by atoms with Gasteiger partial charge >= 0.3 is 85.6 Å². The van der Waals surface area contributed by atoms with Crippen molar-refractivity contribution >= 4 is 39.2 Å². The summed E-state index contributed by atoms with van der Waals surface area (Å²) in [4.78, 5) is -0.682. The Balaban J connectivity index is 3.16. The van der Waals surface area contributed by atoms with E-state index in [2.05, 4.69) is 22.0 Å². The van der Waals surface area contributed by atoms with Gasteiger partial charge in [0.05, 0.1) is 0 Å². The van der Waals surface area contributed by atoms with Crippen molar-refractivity contribution < 1.29 is 10.2 Å². The van der Waals surface area contributed by atoms with E-state index in [9.17, 15) is 5.11 Å². The molecule has 62 valence electrons. The summed E-state index contributed by atoms with van der Waals surface area (Å²) >= 11 is 2.13. The molecule has 0 saturated carbocycles. The molecule has 0 fully saturated rings. The number of hydrogen-bond donors (Lipinski definition) is 2. The summed E-state index contributed by atoms with van der Waals surface area (Å²) in [5, 5.41) is 19.0. The summed E-state index contributed by atoms with van der Waals surface area (Å²) in [5.74, 6) is 0.120. The van der Waals surface area contributed by atoms with Gasteiger partial charge < -0.3 is 0 Å². The molecule has 1 aromatic rings. The van der Waals surface area contributed by atoms with Crippen LogP contribution in [0.15, 0.2) is 18.2 Å². The molecule has 0 amide bonds. The zero-order chi connectivity index (χ0) is 9.14. The Morgan fingerprint density at radius 3 is 2.67 bits per heavy atom. The summed E-state index contributed by atoms with van der Waals surface area (Å²) in [6, 6.07) is 5.06. The number of benzene rings is 1. The Morgan fingerprint density at radius 1 is 1.50 bits per heavy atom. The summed E-state index contributed by atoms with van der Waals surface area (Å²) in [5.41, 5.74) is 0.530. The number of halogens is 1. The molecule has 1 unspecified atom stereocenters. The molecule has 0 saturated heterocycles. The van der Waals surface area contributed by atoms with Gasteiger partial charge in [0.2, 0.25) is 0 Å². The number of aromatic hydroxyl groups is 1.